The van der Waals surface area contributed by atoms with Crippen molar-refractivity contribution in [3.63, 3.8) is 0 Å². The number of ketones is 1. The molecule has 0 amide bonds. The first-order valence-corrected chi connectivity index (χ1v) is 8.97. The molecule has 0 spiro atoms. The molecule has 1 fully saturated rings. The standard InChI is InChI=1S/C22H25NO2/c1-2-13-25-21-10-6-9-19(15-21)14-20-17-23(12-11-22(20)24)16-18-7-4-3-5-8-18/h3-10,14-15H,2,11-13,16-17H2,1H3/b20-14+. The minimum Gasteiger partial charge on any atom is -0.494 e. The van der Waals surface area contributed by atoms with Crippen molar-refractivity contribution in [2.45, 2.75) is 26.3 Å². The number of ether oxygens (including phenoxy) is 1. The van der Waals surface area contributed by atoms with Crippen molar-refractivity contribution >= 4 is 11.9 Å². The summed E-state index contributed by atoms with van der Waals surface area (Å²) in [6.07, 6.45) is 3.58. The molecule has 1 aliphatic heterocycles. The van der Waals surface area contributed by atoms with Crippen LogP contribution < -0.4 is 4.74 Å². The molecule has 3 heteroatoms. The van der Waals surface area contributed by atoms with E-state index in [1.54, 1.807) is 0 Å². The zero-order chi connectivity index (χ0) is 17.5. The second-order valence-electron chi connectivity index (χ2n) is 6.46. The molecule has 130 valence electrons. The van der Waals surface area contributed by atoms with E-state index in [0.717, 1.165) is 36.4 Å². The van der Waals surface area contributed by atoms with Crippen LogP contribution in [0.15, 0.2) is 60.2 Å². The Morgan fingerprint density at radius 2 is 1.96 bits per heavy atom. The number of likely N-dealkylation sites (tertiary alicyclic amines) is 1. The Labute approximate surface area is 149 Å². The van der Waals surface area contributed by atoms with Gasteiger partial charge >= 0.3 is 0 Å². The third-order valence-corrected chi connectivity index (χ3v) is 4.33. The van der Waals surface area contributed by atoms with Gasteiger partial charge in [-0.25, -0.2) is 0 Å². The monoisotopic (exact) mass is 335 g/mol. The van der Waals surface area contributed by atoms with Crippen molar-refractivity contribution < 1.29 is 9.53 Å². The van der Waals surface area contributed by atoms with E-state index in [1.807, 2.05) is 36.4 Å². The van der Waals surface area contributed by atoms with Gasteiger partial charge in [0, 0.05) is 31.6 Å². The fourth-order valence-electron chi connectivity index (χ4n) is 3.05. The molecule has 3 rings (SSSR count). The second kappa shape index (κ2) is 8.63. The molecule has 3 nitrogen and oxygen atoms in total. The Hall–Kier alpha value is -2.39. The molecule has 2 aromatic rings. The number of carbonyl (C=O) groups excluding carboxylic acids is 1. The normalized spacial score (nSPS) is 17.0. The Kier molecular flexibility index (Phi) is 6.02. The van der Waals surface area contributed by atoms with Crippen LogP contribution in [0.3, 0.4) is 0 Å². The predicted octanol–water partition coefficient (Wildman–Crippen LogP) is 4.33. The van der Waals surface area contributed by atoms with E-state index in [1.165, 1.54) is 5.56 Å². The maximum absolute atomic E-state index is 12.3. The fourth-order valence-corrected chi connectivity index (χ4v) is 3.05. The summed E-state index contributed by atoms with van der Waals surface area (Å²) in [5.41, 5.74) is 3.19. The Morgan fingerprint density at radius 1 is 1.12 bits per heavy atom. The molecule has 1 saturated heterocycles. The van der Waals surface area contributed by atoms with Crippen LogP contribution in [0.5, 0.6) is 5.75 Å². The summed E-state index contributed by atoms with van der Waals surface area (Å²) >= 11 is 0. The highest BCUT2D eigenvalue weighted by atomic mass is 16.5. The number of hydrogen-bond acceptors (Lipinski definition) is 3. The second-order valence-corrected chi connectivity index (χ2v) is 6.46. The molecule has 0 bridgehead atoms. The van der Waals surface area contributed by atoms with Gasteiger partial charge in [0.1, 0.15) is 5.75 Å². The minimum atomic E-state index is 0.254. The third kappa shape index (κ3) is 5.04. The zero-order valence-corrected chi connectivity index (χ0v) is 14.8. The number of piperidine rings is 1. The Balaban J connectivity index is 1.71. The number of carbonyl (C=O) groups is 1. The average molecular weight is 335 g/mol. The van der Waals surface area contributed by atoms with E-state index in [0.29, 0.717) is 19.6 Å². The van der Waals surface area contributed by atoms with E-state index >= 15 is 0 Å². The van der Waals surface area contributed by atoms with Crippen LogP contribution in [0.2, 0.25) is 0 Å². The number of hydrogen-bond donors (Lipinski definition) is 0. The molecule has 2 aromatic carbocycles. The van der Waals surface area contributed by atoms with E-state index in [2.05, 4.69) is 36.1 Å². The summed E-state index contributed by atoms with van der Waals surface area (Å²) in [6.45, 7) is 5.21. The molecular formula is C22H25NO2. The van der Waals surface area contributed by atoms with Crippen molar-refractivity contribution in [2.24, 2.45) is 0 Å². The van der Waals surface area contributed by atoms with Crippen molar-refractivity contribution in [1.29, 1.82) is 0 Å². The topological polar surface area (TPSA) is 29.5 Å². The lowest BCUT2D eigenvalue weighted by atomic mass is 9.99. The van der Waals surface area contributed by atoms with Crippen LogP contribution in [0.1, 0.15) is 30.9 Å². The lowest BCUT2D eigenvalue weighted by molar-refractivity contribution is -0.117. The van der Waals surface area contributed by atoms with Crippen LogP contribution in [0.4, 0.5) is 0 Å². The van der Waals surface area contributed by atoms with Gasteiger partial charge in [0.2, 0.25) is 0 Å². The first-order chi connectivity index (χ1) is 12.2. The quantitative estimate of drug-likeness (QED) is 0.736. The van der Waals surface area contributed by atoms with E-state index in [4.69, 9.17) is 4.74 Å². The van der Waals surface area contributed by atoms with E-state index < -0.39 is 0 Å². The number of nitrogens with zero attached hydrogens (tertiary/aromatic N) is 1. The Bertz CT molecular complexity index is 737. The van der Waals surface area contributed by atoms with Crippen LogP contribution in [0.25, 0.3) is 6.08 Å². The molecule has 0 N–H and O–H groups in total. The predicted molar refractivity (Wildman–Crippen MR) is 102 cm³/mol. The molecule has 0 unspecified atom stereocenters. The fraction of sp³-hybridized carbons (Fsp3) is 0.318. The molecule has 0 saturated carbocycles. The molecule has 0 aromatic heterocycles. The van der Waals surface area contributed by atoms with Crippen LogP contribution >= 0.6 is 0 Å². The third-order valence-electron chi connectivity index (χ3n) is 4.33. The van der Waals surface area contributed by atoms with Gasteiger partial charge < -0.3 is 4.74 Å². The van der Waals surface area contributed by atoms with Crippen molar-refractivity contribution in [3.05, 3.63) is 71.3 Å². The lowest BCUT2D eigenvalue weighted by Gasteiger charge is -2.27. The van der Waals surface area contributed by atoms with Gasteiger partial charge in [-0.2, -0.15) is 0 Å². The van der Waals surface area contributed by atoms with E-state index in [9.17, 15) is 4.79 Å². The molecule has 0 atom stereocenters. The summed E-state index contributed by atoms with van der Waals surface area (Å²) in [7, 11) is 0. The maximum Gasteiger partial charge on any atom is 0.161 e. The van der Waals surface area contributed by atoms with Crippen molar-refractivity contribution in [1.82, 2.24) is 4.90 Å². The molecule has 25 heavy (non-hydrogen) atoms. The van der Waals surface area contributed by atoms with Gasteiger partial charge in [-0.05, 0) is 35.8 Å². The minimum absolute atomic E-state index is 0.254. The summed E-state index contributed by atoms with van der Waals surface area (Å²) < 4.78 is 5.69. The first kappa shape index (κ1) is 17.4. The molecule has 0 aliphatic carbocycles. The first-order valence-electron chi connectivity index (χ1n) is 8.97. The van der Waals surface area contributed by atoms with Crippen molar-refractivity contribution in [3.8, 4) is 5.75 Å². The van der Waals surface area contributed by atoms with Gasteiger partial charge in [0.15, 0.2) is 5.78 Å². The highest BCUT2D eigenvalue weighted by Crippen LogP contribution is 2.20. The molecule has 0 radical (unpaired) electrons. The smallest absolute Gasteiger partial charge is 0.161 e. The summed E-state index contributed by atoms with van der Waals surface area (Å²) in [5.74, 6) is 1.12. The number of benzene rings is 2. The largest absolute Gasteiger partial charge is 0.494 e. The SMILES string of the molecule is CCCOc1cccc(/C=C2\CN(Cc3ccccc3)CCC2=O)c1. The van der Waals surface area contributed by atoms with Gasteiger partial charge in [-0.15, -0.1) is 0 Å². The summed E-state index contributed by atoms with van der Waals surface area (Å²) in [4.78, 5) is 14.7. The molecular weight excluding hydrogens is 310 g/mol. The van der Waals surface area contributed by atoms with Crippen LogP contribution in [0, 0.1) is 0 Å². The average Bonchev–Trinajstić information content (AvgIpc) is 2.64. The summed E-state index contributed by atoms with van der Waals surface area (Å²) in [5, 5.41) is 0. The van der Waals surface area contributed by atoms with Gasteiger partial charge in [-0.3, -0.25) is 9.69 Å². The van der Waals surface area contributed by atoms with Crippen molar-refractivity contribution in [2.75, 3.05) is 19.7 Å². The molecule has 1 aliphatic rings. The van der Waals surface area contributed by atoms with Crippen LogP contribution in [-0.4, -0.2) is 30.4 Å². The summed E-state index contributed by atoms with van der Waals surface area (Å²) in [6, 6.07) is 18.4. The molecule has 1 heterocycles. The number of Topliss-reactive ketones (excluding diaryl/α,β-unsaturated/α-hetero) is 1. The van der Waals surface area contributed by atoms with Gasteiger partial charge in [-0.1, -0.05) is 49.4 Å². The zero-order valence-electron chi connectivity index (χ0n) is 14.8. The highest BCUT2D eigenvalue weighted by Gasteiger charge is 2.21. The van der Waals surface area contributed by atoms with Gasteiger partial charge in [0.05, 0.1) is 6.61 Å². The maximum atomic E-state index is 12.3. The Morgan fingerprint density at radius 3 is 2.76 bits per heavy atom. The van der Waals surface area contributed by atoms with Crippen LogP contribution in [-0.2, 0) is 11.3 Å². The number of rotatable bonds is 6. The highest BCUT2D eigenvalue weighted by molar-refractivity contribution is 6.00. The van der Waals surface area contributed by atoms with E-state index in [-0.39, 0.29) is 5.78 Å². The lowest BCUT2D eigenvalue weighted by Crippen LogP contribution is -2.35. The van der Waals surface area contributed by atoms with Gasteiger partial charge in [0.25, 0.3) is 0 Å².